The summed E-state index contributed by atoms with van der Waals surface area (Å²) in [4.78, 5) is 19.5. The number of H-pyrrole nitrogens is 1. The zero-order chi connectivity index (χ0) is 17.9. The van der Waals surface area contributed by atoms with Crippen molar-refractivity contribution in [2.24, 2.45) is 0 Å². The fraction of sp³-hybridized carbons (Fsp3) is 0. The molecule has 0 unspecified atom stereocenters. The van der Waals surface area contributed by atoms with Gasteiger partial charge in [0.15, 0.2) is 12.2 Å². The number of rotatable bonds is 4. The van der Waals surface area contributed by atoms with Gasteiger partial charge in [0.1, 0.15) is 5.69 Å². The van der Waals surface area contributed by atoms with Crippen LogP contribution in [0.25, 0.3) is 22.6 Å². The minimum absolute atomic E-state index is 0.224. The molecule has 4 N–H and O–H groups in total. The standard InChI is InChI=1S/C20H16N4O2/c21-16-4-2-1-3-15(16)17-9-10-18(24-17)20(25)23-14-7-5-13(6-8-14)19-11-22-12-26-19/h1-12,24H,21H2,(H,23,25). The summed E-state index contributed by atoms with van der Waals surface area (Å²) in [7, 11) is 0. The van der Waals surface area contributed by atoms with Gasteiger partial charge in [0, 0.05) is 28.2 Å². The number of aromatic nitrogens is 2. The van der Waals surface area contributed by atoms with Gasteiger partial charge in [-0.15, -0.1) is 0 Å². The van der Waals surface area contributed by atoms with Crippen LogP contribution in [0.4, 0.5) is 11.4 Å². The van der Waals surface area contributed by atoms with Crippen LogP contribution in [0.15, 0.2) is 77.7 Å². The van der Waals surface area contributed by atoms with Gasteiger partial charge in [-0.2, -0.15) is 0 Å². The Kier molecular flexibility index (Phi) is 3.99. The van der Waals surface area contributed by atoms with Crippen molar-refractivity contribution in [3.8, 4) is 22.6 Å². The molecule has 26 heavy (non-hydrogen) atoms. The van der Waals surface area contributed by atoms with Crippen molar-refractivity contribution < 1.29 is 9.21 Å². The Morgan fingerprint density at radius 3 is 2.58 bits per heavy atom. The molecule has 0 saturated carbocycles. The van der Waals surface area contributed by atoms with Crippen LogP contribution in [-0.4, -0.2) is 15.9 Å². The number of hydrogen-bond acceptors (Lipinski definition) is 4. The average Bonchev–Trinajstić information content (AvgIpc) is 3.35. The fourth-order valence-corrected chi connectivity index (χ4v) is 2.70. The van der Waals surface area contributed by atoms with Gasteiger partial charge in [0.25, 0.3) is 5.91 Å². The highest BCUT2D eigenvalue weighted by molar-refractivity contribution is 6.03. The third kappa shape index (κ3) is 3.08. The molecule has 2 heterocycles. The number of amides is 1. The summed E-state index contributed by atoms with van der Waals surface area (Å²) in [6.07, 6.45) is 3.02. The molecule has 1 amide bonds. The number of nitrogens with one attached hydrogen (secondary N) is 2. The van der Waals surface area contributed by atoms with Crippen LogP contribution in [0.1, 0.15) is 10.5 Å². The largest absolute Gasteiger partial charge is 0.444 e. The number of oxazole rings is 1. The fourth-order valence-electron chi connectivity index (χ4n) is 2.70. The van der Waals surface area contributed by atoms with Gasteiger partial charge in [-0.25, -0.2) is 4.98 Å². The number of benzene rings is 2. The second kappa shape index (κ2) is 6.60. The molecule has 0 atom stereocenters. The minimum atomic E-state index is -0.224. The average molecular weight is 344 g/mol. The van der Waals surface area contributed by atoms with Gasteiger partial charge >= 0.3 is 0 Å². The maximum Gasteiger partial charge on any atom is 0.272 e. The predicted octanol–water partition coefficient (Wildman–Crippen LogP) is 4.17. The van der Waals surface area contributed by atoms with Crippen LogP contribution in [0, 0.1) is 0 Å². The SMILES string of the molecule is Nc1ccccc1-c1ccc(C(=O)Nc2ccc(-c3cnco3)cc2)[nH]1. The van der Waals surface area contributed by atoms with E-state index < -0.39 is 0 Å². The number of nitrogen functional groups attached to an aromatic ring is 1. The summed E-state index contributed by atoms with van der Waals surface area (Å²) in [6, 6.07) is 18.4. The van der Waals surface area contributed by atoms with Crippen LogP contribution in [0.3, 0.4) is 0 Å². The van der Waals surface area contributed by atoms with Crippen molar-refractivity contribution in [2.45, 2.75) is 0 Å². The molecule has 0 bridgehead atoms. The highest BCUT2D eigenvalue weighted by atomic mass is 16.3. The van der Waals surface area contributed by atoms with Crippen LogP contribution in [-0.2, 0) is 0 Å². The molecule has 6 heteroatoms. The zero-order valence-electron chi connectivity index (χ0n) is 13.8. The maximum atomic E-state index is 12.5. The number of anilines is 2. The summed E-state index contributed by atoms with van der Waals surface area (Å²) < 4.78 is 5.25. The van der Waals surface area contributed by atoms with Crippen molar-refractivity contribution in [3.05, 3.63) is 78.9 Å². The van der Waals surface area contributed by atoms with Crippen molar-refractivity contribution in [1.82, 2.24) is 9.97 Å². The summed E-state index contributed by atoms with van der Waals surface area (Å²) in [6.45, 7) is 0. The summed E-state index contributed by atoms with van der Waals surface area (Å²) in [5, 5.41) is 2.86. The van der Waals surface area contributed by atoms with Crippen LogP contribution in [0.5, 0.6) is 0 Å². The molecule has 0 aliphatic heterocycles. The van der Waals surface area contributed by atoms with Crippen LogP contribution < -0.4 is 11.1 Å². The third-order valence-corrected chi connectivity index (χ3v) is 4.04. The zero-order valence-corrected chi connectivity index (χ0v) is 13.8. The van der Waals surface area contributed by atoms with Gasteiger partial charge in [0.2, 0.25) is 0 Å². The lowest BCUT2D eigenvalue weighted by Crippen LogP contribution is -2.12. The molecule has 0 aliphatic carbocycles. The number of hydrogen-bond donors (Lipinski definition) is 3. The number of carbonyl (C=O) groups is 1. The number of nitrogens with two attached hydrogens (primary N) is 1. The van der Waals surface area contributed by atoms with Crippen molar-refractivity contribution in [3.63, 3.8) is 0 Å². The Balaban J connectivity index is 1.49. The summed E-state index contributed by atoms with van der Waals surface area (Å²) in [5.41, 5.74) is 10.3. The van der Waals surface area contributed by atoms with Crippen molar-refractivity contribution in [2.75, 3.05) is 11.1 Å². The highest BCUT2D eigenvalue weighted by Crippen LogP contribution is 2.25. The first-order valence-electron chi connectivity index (χ1n) is 8.05. The Hall–Kier alpha value is -3.80. The highest BCUT2D eigenvalue weighted by Gasteiger charge is 2.11. The van der Waals surface area contributed by atoms with E-state index in [1.165, 1.54) is 6.39 Å². The molecule has 4 rings (SSSR count). The van der Waals surface area contributed by atoms with Crippen LogP contribution in [0.2, 0.25) is 0 Å². The molecule has 2 aromatic heterocycles. The van der Waals surface area contributed by atoms with Gasteiger partial charge in [0.05, 0.1) is 6.20 Å². The van der Waals surface area contributed by atoms with E-state index in [0.717, 1.165) is 16.8 Å². The molecule has 0 saturated heterocycles. The summed E-state index contributed by atoms with van der Waals surface area (Å²) >= 11 is 0. The molecule has 0 radical (unpaired) electrons. The Morgan fingerprint density at radius 2 is 1.85 bits per heavy atom. The lowest BCUT2D eigenvalue weighted by Gasteiger charge is -2.05. The van der Waals surface area contributed by atoms with E-state index in [1.54, 1.807) is 12.3 Å². The molecule has 0 aliphatic rings. The topological polar surface area (TPSA) is 96.9 Å². The third-order valence-electron chi connectivity index (χ3n) is 4.04. The normalized spacial score (nSPS) is 10.6. The van der Waals surface area contributed by atoms with E-state index in [2.05, 4.69) is 15.3 Å². The first kappa shape index (κ1) is 15.7. The monoisotopic (exact) mass is 344 g/mol. The molecule has 0 spiro atoms. The second-order valence-electron chi connectivity index (χ2n) is 5.77. The van der Waals surface area contributed by atoms with Crippen LogP contribution >= 0.6 is 0 Å². The van der Waals surface area contributed by atoms with E-state index in [-0.39, 0.29) is 5.91 Å². The molecule has 6 nitrogen and oxygen atoms in total. The summed E-state index contributed by atoms with van der Waals surface area (Å²) in [5.74, 6) is 0.454. The van der Waals surface area contributed by atoms with E-state index in [0.29, 0.717) is 22.8 Å². The predicted molar refractivity (Wildman–Crippen MR) is 101 cm³/mol. The Morgan fingerprint density at radius 1 is 1.04 bits per heavy atom. The lowest BCUT2D eigenvalue weighted by atomic mass is 10.1. The van der Waals surface area contributed by atoms with Gasteiger partial charge in [-0.3, -0.25) is 4.79 Å². The molecular weight excluding hydrogens is 328 g/mol. The first-order valence-corrected chi connectivity index (χ1v) is 8.05. The van der Waals surface area contributed by atoms with E-state index >= 15 is 0 Å². The smallest absolute Gasteiger partial charge is 0.272 e. The Labute approximate surface area is 149 Å². The number of aromatic amines is 1. The van der Waals surface area contributed by atoms with Crippen molar-refractivity contribution >= 4 is 17.3 Å². The number of nitrogens with zero attached hydrogens (tertiary/aromatic N) is 1. The van der Waals surface area contributed by atoms with E-state index in [1.807, 2.05) is 54.6 Å². The molecule has 0 fully saturated rings. The molecular formula is C20H16N4O2. The quantitative estimate of drug-likeness (QED) is 0.484. The van der Waals surface area contributed by atoms with Gasteiger partial charge in [-0.05, 0) is 42.5 Å². The second-order valence-corrected chi connectivity index (χ2v) is 5.77. The van der Waals surface area contributed by atoms with Crippen molar-refractivity contribution in [1.29, 1.82) is 0 Å². The Bertz CT molecular complexity index is 1030. The van der Waals surface area contributed by atoms with E-state index in [4.69, 9.17) is 10.2 Å². The minimum Gasteiger partial charge on any atom is -0.444 e. The molecule has 2 aromatic carbocycles. The lowest BCUT2D eigenvalue weighted by molar-refractivity contribution is 0.102. The molecule has 4 aromatic rings. The first-order chi connectivity index (χ1) is 12.7. The number of carbonyl (C=O) groups excluding carboxylic acids is 1. The maximum absolute atomic E-state index is 12.5. The molecule has 128 valence electrons. The van der Waals surface area contributed by atoms with Gasteiger partial charge in [-0.1, -0.05) is 18.2 Å². The number of para-hydroxylation sites is 1. The van der Waals surface area contributed by atoms with E-state index in [9.17, 15) is 4.79 Å². The van der Waals surface area contributed by atoms with Gasteiger partial charge < -0.3 is 20.5 Å².